The van der Waals surface area contributed by atoms with E-state index in [1.807, 2.05) is 13.8 Å². The van der Waals surface area contributed by atoms with Gasteiger partial charge in [0, 0.05) is 6.42 Å². The number of rotatable bonds is 16. The molecule has 0 aromatic rings. The molecule has 144 valence electrons. The summed E-state index contributed by atoms with van der Waals surface area (Å²) in [5.41, 5.74) is 0. The molecule has 0 aromatic carbocycles. The number of carbonyl (C=O) groups is 2. The fraction of sp³-hybridized carbons (Fsp3) is 0.900. The van der Waals surface area contributed by atoms with E-state index in [2.05, 4.69) is 12.2 Å². The molecular formula is C20H40NNaO3. The summed E-state index contributed by atoms with van der Waals surface area (Å²) in [7, 11) is 0. The van der Waals surface area contributed by atoms with Crippen LogP contribution in [0.3, 0.4) is 0 Å². The van der Waals surface area contributed by atoms with Gasteiger partial charge in [0.1, 0.15) is 6.04 Å². The fourth-order valence-corrected chi connectivity index (χ4v) is 2.91. The molecule has 0 unspecified atom stereocenters. The Morgan fingerprint density at radius 3 is 1.68 bits per heavy atom. The normalized spacial score (nSPS) is 11.8. The molecule has 0 aliphatic rings. The van der Waals surface area contributed by atoms with Gasteiger partial charge in [0.2, 0.25) is 5.91 Å². The Bertz CT molecular complexity index is 335. The second-order valence-corrected chi connectivity index (χ2v) is 7.37. The molecule has 0 bridgehead atoms. The van der Waals surface area contributed by atoms with Crippen molar-refractivity contribution < 1.29 is 14.7 Å². The molecule has 25 heavy (non-hydrogen) atoms. The van der Waals surface area contributed by atoms with E-state index < -0.39 is 12.0 Å². The van der Waals surface area contributed by atoms with E-state index >= 15 is 0 Å². The average Bonchev–Trinajstić information content (AvgIpc) is 2.51. The van der Waals surface area contributed by atoms with Gasteiger partial charge in [0.05, 0.1) is 0 Å². The summed E-state index contributed by atoms with van der Waals surface area (Å²) in [5, 5.41) is 11.8. The molecule has 0 saturated heterocycles. The van der Waals surface area contributed by atoms with Crippen molar-refractivity contribution in [1.29, 1.82) is 0 Å². The fourth-order valence-electron chi connectivity index (χ4n) is 2.91. The number of nitrogens with one attached hydrogen (secondary N) is 1. The van der Waals surface area contributed by atoms with Crippen LogP contribution < -0.4 is 5.32 Å². The molecule has 0 saturated carbocycles. The number of unbranched alkanes of at least 4 members (excludes halogenated alkanes) is 10. The SMILES string of the molecule is CCCCCCCCCCCCCC(=O)N[C@@H](CC(C)C)C(=O)O.[NaH]. The molecule has 5 heteroatoms. The maximum absolute atomic E-state index is 11.8. The second kappa shape index (κ2) is 18.7. The zero-order chi connectivity index (χ0) is 18.2. The molecule has 1 atom stereocenters. The topological polar surface area (TPSA) is 66.4 Å². The van der Waals surface area contributed by atoms with E-state index in [4.69, 9.17) is 5.11 Å². The van der Waals surface area contributed by atoms with Crippen molar-refractivity contribution in [2.75, 3.05) is 0 Å². The van der Waals surface area contributed by atoms with Crippen LogP contribution in [0, 0.1) is 5.92 Å². The number of carbonyl (C=O) groups excluding carboxylic acids is 1. The molecular weight excluding hydrogens is 325 g/mol. The van der Waals surface area contributed by atoms with Crippen LogP contribution in [0.15, 0.2) is 0 Å². The van der Waals surface area contributed by atoms with Crippen LogP contribution in [-0.4, -0.2) is 52.6 Å². The van der Waals surface area contributed by atoms with E-state index in [0.29, 0.717) is 12.8 Å². The van der Waals surface area contributed by atoms with Gasteiger partial charge in [-0.1, -0.05) is 85.0 Å². The first-order valence-electron chi connectivity index (χ1n) is 9.99. The zero-order valence-corrected chi connectivity index (χ0v) is 16.1. The molecule has 0 spiro atoms. The first kappa shape index (κ1) is 27.2. The zero-order valence-electron chi connectivity index (χ0n) is 16.1. The van der Waals surface area contributed by atoms with Gasteiger partial charge in [-0.2, -0.15) is 0 Å². The molecule has 2 N–H and O–H groups in total. The van der Waals surface area contributed by atoms with E-state index in [0.717, 1.165) is 12.8 Å². The Kier molecular flexibility index (Phi) is 20.3. The molecule has 1 amide bonds. The molecule has 0 heterocycles. The van der Waals surface area contributed by atoms with Crippen molar-refractivity contribution in [3.05, 3.63) is 0 Å². The standard InChI is InChI=1S/C20H39NO3.Na.H/c1-4-5-6-7-8-9-10-11-12-13-14-15-19(22)21-18(20(23)24)16-17(2)3;;/h17-18H,4-16H2,1-3H3,(H,21,22)(H,23,24);;/t18-;;/m0../s1. The van der Waals surface area contributed by atoms with E-state index in [1.54, 1.807) is 0 Å². The maximum atomic E-state index is 11.8. The molecule has 0 radical (unpaired) electrons. The van der Waals surface area contributed by atoms with Crippen molar-refractivity contribution in [2.45, 2.75) is 110 Å². The molecule has 0 fully saturated rings. The van der Waals surface area contributed by atoms with Crippen molar-refractivity contribution in [2.24, 2.45) is 5.92 Å². The van der Waals surface area contributed by atoms with Gasteiger partial charge in [-0.3, -0.25) is 4.79 Å². The number of amides is 1. The predicted molar refractivity (Wildman–Crippen MR) is 107 cm³/mol. The minimum atomic E-state index is -0.934. The van der Waals surface area contributed by atoms with E-state index in [1.165, 1.54) is 57.8 Å². The summed E-state index contributed by atoms with van der Waals surface area (Å²) < 4.78 is 0. The van der Waals surface area contributed by atoms with Crippen molar-refractivity contribution >= 4 is 41.4 Å². The molecule has 0 aliphatic carbocycles. The number of aliphatic carboxylic acids is 1. The van der Waals surface area contributed by atoms with E-state index in [9.17, 15) is 9.59 Å². The Hall–Kier alpha value is -0.0600. The average molecular weight is 366 g/mol. The number of hydrogen-bond donors (Lipinski definition) is 2. The van der Waals surface area contributed by atoms with Crippen LogP contribution in [0.2, 0.25) is 0 Å². The first-order valence-corrected chi connectivity index (χ1v) is 9.99. The summed E-state index contributed by atoms with van der Waals surface area (Å²) in [6, 6.07) is -0.745. The first-order chi connectivity index (χ1) is 11.5. The quantitative estimate of drug-likeness (QED) is 0.309. The van der Waals surface area contributed by atoms with Gasteiger partial charge in [0.25, 0.3) is 0 Å². The van der Waals surface area contributed by atoms with Gasteiger partial charge in [0.15, 0.2) is 0 Å². The minimum absolute atomic E-state index is 0. The Balaban J connectivity index is 0. The third-order valence-electron chi connectivity index (χ3n) is 4.35. The number of carboxylic acid groups (broad SMARTS) is 1. The van der Waals surface area contributed by atoms with Crippen LogP contribution in [0.5, 0.6) is 0 Å². The van der Waals surface area contributed by atoms with Crippen LogP contribution in [-0.2, 0) is 9.59 Å². The van der Waals surface area contributed by atoms with Crippen LogP contribution in [0.1, 0.15) is 104 Å². The summed E-state index contributed by atoms with van der Waals surface area (Å²) in [6.07, 6.45) is 14.7. The van der Waals surface area contributed by atoms with Crippen molar-refractivity contribution in [3.63, 3.8) is 0 Å². The summed E-state index contributed by atoms with van der Waals surface area (Å²) in [4.78, 5) is 22.9. The van der Waals surface area contributed by atoms with Crippen molar-refractivity contribution in [1.82, 2.24) is 5.32 Å². The Labute approximate surface area is 177 Å². The van der Waals surface area contributed by atoms with Crippen LogP contribution in [0.4, 0.5) is 0 Å². The van der Waals surface area contributed by atoms with Crippen LogP contribution >= 0.6 is 0 Å². The summed E-state index contributed by atoms with van der Waals surface area (Å²) in [6.45, 7) is 6.17. The van der Waals surface area contributed by atoms with E-state index in [-0.39, 0.29) is 41.4 Å². The van der Waals surface area contributed by atoms with Gasteiger partial charge < -0.3 is 10.4 Å². The van der Waals surface area contributed by atoms with Crippen LogP contribution in [0.25, 0.3) is 0 Å². The van der Waals surface area contributed by atoms with Gasteiger partial charge in [-0.15, -0.1) is 0 Å². The summed E-state index contributed by atoms with van der Waals surface area (Å²) in [5.74, 6) is -0.802. The monoisotopic (exact) mass is 365 g/mol. The number of hydrogen-bond acceptors (Lipinski definition) is 2. The Morgan fingerprint density at radius 2 is 1.28 bits per heavy atom. The van der Waals surface area contributed by atoms with Gasteiger partial charge >= 0.3 is 35.5 Å². The molecule has 0 rings (SSSR count). The molecule has 0 aromatic heterocycles. The Morgan fingerprint density at radius 1 is 0.840 bits per heavy atom. The van der Waals surface area contributed by atoms with Crippen molar-refractivity contribution in [3.8, 4) is 0 Å². The predicted octanol–water partition coefficient (Wildman–Crippen LogP) is 4.65. The molecule has 4 nitrogen and oxygen atoms in total. The number of carboxylic acids is 1. The third-order valence-corrected chi connectivity index (χ3v) is 4.35. The third kappa shape index (κ3) is 18.5. The summed E-state index contributed by atoms with van der Waals surface area (Å²) >= 11 is 0. The second-order valence-electron chi connectivity index (χ2n) is 7.37. The van der Waals surface area contributed by atoms with Gasteiger partial charge in [-0.05, 0) is 18.8 Å². The van der Waals surface area contributed by atoms with Gasteiger partial charge in [-0.25, -0.2) is 4.79 Å². The molecule has 0 aliphatic heterocycles.